The van der Waals surface area contributed by atoms with Gasteiger partial charge in [-0.2, -0.15) is 5.10 Å². The Morgan fingerprint density at radius 3 is 2.46 bits per heavy atom. The predicted octanol–water partition coefficient (Wildman–Crippen LogP) is 2.72. The molecule has 0 saturated carbocycles. The molecule has 0 aromatic carbocycles. The average Bonchev–Trinajstić information content (AvgIpc) is 3.32. The van der Waals surface area contributed by atoms with Crippen molar-refractivity contribution in [2.45, 2.75) is 37.3 Å². The Bertz CT molecular complexity index is 839. The van der Waals surface area contributed by atoms with Crippen molar-refractivity contribution < 1.29 is 9.47 Å². The Labute approximate surface area is 169 Å². The number of aromatic nitrogens is 3. The molecule has 0 spiro atoms. The standard InChI is InChI=1S/C20H26ClN5O2/c21-17-7-14(9-23-20(17)22)18-8-19(26(24-18)15-3-6-27-10-15)13-1-4-25(5-2-13)16-11-28-12-16/h7-9,13,15-16H,1-6,10-12H2,(H2,22,23). The van der Waals surface area contributed by atoms with Crippen LogP contribution in [-0.4, -0.2) is 65.2 Å². The van der Waals surface area contributed by atoms with Gasteiger partial charge in [-0.15, -0.1) is 0 Å². The fraction of sp³-hybridized carbons (Fsp3) is 0.600. The van der Waals surface area contributed by atoms with Crippen molar-refractivity contribution >= 4 is 17.4 Å². The van der Waals surface area contributed by atoms with E-state index in [1.54, 1.807) is 6.20 Å². The minimum Gasteiger partial charge on any atom is -0.382 e. The maximum atomic E-state index is 6.19. The van der Waals surface area contributed by atoms with Gasteiger partial charge in [-0.1, -0.05) is 11.6 Å². The van der Waals surface area contributed by atoms with E-state index in [0.29, 0.717) is 28.8 Å². The number of piperidine rings is 1. The lowest BCUT2D eigenvalue weighted by Gasteiger charge is -2.41. The monoisotopic (exact) mass is 403 g/mol. The zero-order chi connectivity index (χ0) is 19.1. The lowest BCUT2D eigenvalue weighted by Crippen LogP contribution is -2.51. The normalized spacial score (nSPS) is 24.5. The van der Waals surface area contributed by atoms with Gasteiger partial charge in [0.15, 0.2) is 0 Å². The van der Waals surface area contributed by atoms with Crippen molar-refractivity contribution in [2.24, 2.45) is 0 Å². The van der Waals surface area contributed by atoms with Crippen molar-refractivity contribution in [3.8, 4) is 11.3 Å². The fourth-order valence-corrected chi connectivity index (χ4v) is 4.61. The molecular weight excluding hydrogens is 378 g/mol. The van der Waals surface area contributed by atoms with Gasteiger partial charge in [0, 0.05) is 30.0 Å². The number of hydrogen-bond acceptors (Lipinski definition) is 6. The zero-order valence-electron chi connectivity index (χ0n) is 15.9. The Hall–Kier alpha value is -1.67. The molecule has 1 unspecified atom stereocenters. The quantitative estimate of drug-likeness (QED) is 0.845. The van der Waals surface area contributed by atoms with E-state index >= 15 is 0 Å². The Morgan fingerprint density at radius 2 is 1.82 bits per heavy atom. The molecule has 3 aliphatic rings. The molecule has 0 bridgehead atoms. The molecule has 8 heteroatoms. The molecule has 2 aromatic heterocycles. The number of nitrogens with zero attached hydrogens (tertiary/aromatic N) is 4. The van der Waals surface area contributed by atoms with Gasteiger partial charge in [0.25, 0.3) is 0 Å². The van der Waals surface area contributed by atoms with Crippen LogP contribution in [0.25, 0.3) is 11.3 Å². The van der Waals surface area contributed by atoms with E-state index in [2.05, 4.69) is 20.6 Å². The highest BCUT2D eigenvalue weighted by atomic mass is 35.5. The number of ether oxygens (including phenoxy) is 2. The summed E-state index contributed by atoms with van der Waals surface area (Å²) < 4.78 is 13.2. The molecule has 150 valence electrons. The van der Waals surface area contributed by atoms with E-state index < -0.39 is 0 Å². The molecular formula is C20H26ClN5O2. The van der Waals surface area contributed by atoms with E-state index in [-0.39, 0.29) is 0 Å². The van der Waals surface area contributed by atoms with Crippen molar-refractivity contribution in [3.63, 3.8) is 0 Å². The fourth-order valence-electron chi connectivity index (χ4n) is 4.45. The topological polar surface area (TPSA) is 78.4 Å². The molecule has 0 aliphatic carbocycles. The molecule has 28 heavy (non-hydrogen) atoms. The first-order valence-corrected chi connectivity index (χ1v) is 10.5. The second-order valence-corrected chi connectivity index (χ2v) is 8.42. The van der Waals surface area contributed by atoms with Crippen LogP contribution in [0, 0.1) is 0 Å². The summed E-state index contributed by atoms with van der Waals surface area (Å²) in [4.78, 5) is 6.78. The van der Waals surface area contributed by atoms with E-state index in [1.807, 2.05) is 6.07 Å². The van der Waals surface area contributed by atoms with Gasteiger partial charge in [-0.3, -0.25) is 9.58 Å². The van der Waals surface area contributed by atoms with Gasteiger partial charge in [0.05, 0.1) is 42.6 Å². The summed E-state index contributed by atoms with van der Waals surface area (Å²) in [6, 6.07) is 4.99. The molecule has 0 amide bonds. The van der Waals surface area contributed by atoms with Crippen molar-refractivity contribution in [2.75, 3.05) is 45.3 Å². The molecule has 0 radical (unpaired) electrons. The largest absolute Gasteiger partial charge is 0.382 e. The summed E-state index contributed by atoms with van der Waals surface area (Å²) in [5.41, 5.74) is 8.89. The number of halogens is 1. The summed E-state index contributed by atoms with van der Waals surface area (Å²) in [6.07, 6.45) is 5.06. The van der Waals surface area contributed by atoms with Crippen LogP contribution >= 0.6 is 11.6 Å². The minimum atomic E-state index is 0.305. The molecule has 1 atom stereocenters. The van der Waals surface area contributed by atoms with Crippen LogP contribution in [0.4, 0.5) is 5.82 Å². The third-order valence-corrected chi connectivity index (χ3v) is 6.57. The summed E-state index contributed by atoms with van der Waals surface area (Å²) in [5.74, 6) is 0.859. The summed E-state index contributed by atoms with van der Waals surface area (Å²) in [5, 5.41) is 5.42. The van der Waals surface area contributed by atoms with Crippen molar-refractivity contribution in [3.05, 3.63) is 29.0 Å². The molecule has 3 aliphatic heterocycles. The number of likely N-dealkylation sites (tertiary alicyclic amines) is 1. The molecule has 2 aromatic rings. The first-order chi connectivity index (χ1) is 13.7. The molecule has 3 saturated heterocycles. The number of pyridine rings is 1. The number of nitrogen functional groups attached to an aromatic ring is 1. The highest BCUT2D eigenvalue weighted by Gasteiger charge is 2.33. The number of hydrogen-bond donors (Lipinski definition) is 1. The second-order valence-electron chi connectivity index (χ2n) is 8.01. The third-order valence-electron chi connectivity index (χ3n) is 6.27. The van der Waals surface area contributed by atoms with Crippen molar-refractivity contribution in [1.29, 1.82) is 0 Å². The maximum Gasteiger partial charge on any atom is 0.142 e. The molecule has 3 fully saturated rings. The van der Waals surface area contributed by atoms with Crippen LogP contribution in [0.1, 0.15) is 36.9 Å². The smallest absolute Gasteiger partial charge is 0.142 e. The molecule has 5 rings (SSSR count). The van der Waals surface area contributed by atoms with Crippen LogP contribution in [0.15, 0.2) is 18.3 Å². The lowest BCUT2D eigenvalue weighted by atomic mass is 9.91. The van der Waals surface area contributed by atoms with Gasteiger partial charge in [-0.25, -0.2) is 4.98 Å². The highest BCUT2D eigenvalue weighted by molar-refractivity contribution is 6.33. The van der Waals surface area contributed by atoms with Gasteiger partial charge in [0.1, 0.15) is 5.82 Å². The lowest BCUT2D eigenvalue weighted by molar-refractivity contribution is -0.0714. The van der Waals surface area contributed by atoms with Gasteiger partial charge >= 0.3 is 0 Å². The number of anilines is 1. The second kappa shape index (κ2) is 7.63. The summed E-state index contributed by atoms with van der Waals surface area (Å²) in [6.45, 7) is 5.54. The third kappa shape index (κ3) is 3.41. The first-order valence-electron chi connectivity index (χ1n) is 10.1. The Morgan fingerprint density at radius 1 is 1.04 bits per heavy atom. The van der Waals surface area contributed by atoms with E-state index in [9.17, 15) is 0 Å². The maximum absolute atomic E-state index is 6.19. The van der Waals surface area contributed by atoms with E-state index in [1.165, 1.54) is 5.69 Å². The number of rotatable bonds is 4. The summed E-state index contributed by atoms with van der Waals surface area (Å²) in [7, 11) is 0. The average molecular weight is 404 g/mol. The zero-order valence-corrected chi connectivity index (χ0v) is 16.6. The van der Waals surface area contributed by atoms with Gasteiger partial charge < -0.3 is 15.2 Å². The van der Waals surface area contributed by atoms with Crippen molar-refractivity contribution in [1.82, 2.24) is 19.7 Å². The SMILES string of the molecule is Nc1ncc(-c2cc(C3CCN(C4COC4)CC3)n(C3CCOC3)n2)cc1Cl. The van der Waals surface area contributed by atoms with Crippen LogP contribution in [0.2, 0.25) is 5.02 Å². The Balaban J connectivity index is 1.42. The van der Waals surface area contributed by atoms with Crippen LogP contribution in [0.5, 0.6) is 0 Å². The molecule has 7 nitrogen and oxygen atoms in total. The predicted molar refractivity (Wildman–Crippen MR) is 108 cm³/mol. The summed E-state index contributed by atoms with van der Waals surface area (Å²) >= 11 is 6.19. The molecule has 2 N–H and O–H groups in total. The van der Waals surface area contributed by atoms with Crippen LogP contribution < -0.4 is 5.73 Å². The van der Waals surface area contributed by atoms with E-state index in [4.69, 9.17) is 31.9 Å². The minimum absolute atomic E-state index is 0.305. The first kappa shape index (κ1) is 18.4. The number of nitrogens with two attached hydrogens (primary N) is 1. The van der Waals surface area contributed by atoms with Crippen LogP contribution in [0.3, 0.4) is 0 Å². The highest BCUT2D eigenvalue weighted by Crippen LogP contribution is 2.35. The van der Waals surface area contributed by atoms with Crippen LogP contribution in [-0.2, 0) is 9.47 Å². The van der Waals surface area contributed by atoms with Gasteiger partial charge in [-0.05, 0) is 44.5 Å². The Kier molecular flexibility index (Phi) is 5.00. The molecule has 5 heterocycles. The van der Waals surface area contributed by atoms with Gasteiger partial charge in [0.2, 0.25) is 0 Å². The van der Waals surface area contributed by atoms with E-state index in [0.717, 1.165) is 70.0 Å².